The summed E-state index contributed by atoms with van der Waals surface area (Å²) in [5, 5.41) is 0. The number of carbonyl (C=O) groups excluding carboxylic acids is 1. The zero-order valence-electron chi connectivity index (χ0n) is 18.6. The molecule has 0 saturated carbocycles. The van der Waals surface area contributed by atoms with Crippen molar-refractivity contribution >= 4 is 5.97 Å². The van der Waals surface area contributed by atoms with Crippen LogP contribution in [-0.4, -0.2) is 24.2 Å². The Bertz CT molecular complexity index is 967. The highest BCUT2D eigenvalue weighted by Gasteiger charge is 2.15. The Hall–Kier alpha value is -3.08. The van der Waals surface area contributed by atoms with E-state index in [2.05, 4.69) is 27.9 Å². The molecule has 0 saturated heterocycles. The first-order chi connectivity index (χ1) is 15.1. The van der Waals surface area contributed by atoms with Gasteiger partial charge in [0.25, 0.3) is 0 Å². The van der Waals surface area contributed by atoms with Gasteiger partial charge in [-0.1, -0.05) is 29.8 Å². The van der Waals surface area contributed by atoms with E-state index in [0.29, 0.717) is 19.1 Å². The Kier molecular flexibility index (Phi) is 8.27. The summed E-state index contributed by atoms with van der Waals surface area (Å²) in [5.74, 6) is 2.34. The smallest absolute Gasteiger partial charge is 0.302 e. The van der Waals surface area contributed by atoms with Crippen molar-refractivity contribution in [3.05, 3.63) is 76.9 Å². The monoisotopic (exact) mass is 421 g/mol. The van der Waals surface area contributed by atoms with Crippen LogP contribution in [0.25, 0.3) is 11.5 Å². The molecule has 0 atom stereocenters. The first-order valence-electron chi connectivity index (χ1n) is 10.9. The number of carbonyl (C=O) groups is 1. The number of allylic oxidation sites excluding steroid dienone is 5. The van der Waals surface area contributed by atoms with E-state index in [0.717, 1.165) is 35.6 Å². The fourth-order valence-corrected chi connectivity index (χ4v) is 3.67. The summed E-state index contributed by atoms with van der Waals surface area (Å²) in [6.45, 7) is 6.25. The topological polar surface area (TPSA) is 61.6 Å². The summed E-state index contributed by atoms with van der Waals surface area (Å²) < 4.78 is 16.3. The fourth-order valence-electron chi connectivity index (χ4n) is 3.67. The number of hydrogen-bond acceptors (Lipinski definition) is 5. The fraction of sp³-hybridized carbons (Fsp3) is 0.385. The van der Waals surface area contributed by atoms with E-state index in [1.54, 1.807) is 12.5 Å². The standard InChI is InChI=1S/C22H23NO2.C4H8O2/c1-16-21(25-22(23-16)19-6-3-2-4-7-19)14-15-24-20-12-10-17-8-5-9-18(17)11-13-20;1-3-6-4(2)5/h2-4,6-7,10,12-13H,5,8-9,11,14-15H2,1H3;3H2,1-2H3. The van der Waals surface area contributed by atoms with Crippen LogP contribution in [0.15, 0.2) is 69.9 Å². The molecule has 0 unspecified atom stereocenters. The molecule has 164 valence electrons. The highest BCUT2D eigenvalue weighted by atomic mass is 16.5. The van der Waals surface area contributed by atoms with E-state index in [9.17, 15) is 4.79 Å². The Labute approximate surface area is 184 Å². The van der Waals surface area contributed by atoms with Crippen LogP contribution in [0.2, 0.25) is 0 Å². The molecule has 5 nitrogen and oxygen atoms in total. The van der Waals surface area contributed by atoms with Crippen LogP contribution in [-0.2, 0) is 20.7 Å². The quantitative estimate of drug-likeness (QED) is 0.527. The maximum absolute atomic E-state index is 9.82. The van der Waals surface area contributed by atoms with Crippen LogP contribution in [0.1, 0.15) is 51.0 Å². The van der Waals surface area contributed by atoms with Gasteiger partial charge >= 0.3 is 5.97 Å². The van der Waals surface area contributed by atoms with Gasteiger partial charge < -0.3 is 13.9 Å². The van der Waals surface area contributed by atoms with Gasteiger partial charge in [-0.3, -0.25) is 4.79 Å². The highest BCUT2D eigenvalue weighted by molar-refractivity contribution is 5.65. The van der Waals surface area contributed by atoms with E-state index in [4.69, 9.17) is 9.15 Å². The molecule has 0 aliphatic heterocycles. The molecular weight excluding hydrogens is 390 g/mol. The predicted octanol–water partition coefficient (Wildman–Crippen LogP) is 6.10. The minimum absolute atomic E-state index is 0.211. The summed E-state index contributed by atoms with van der Waals surface area (Å²) in [6, 6.07) is 10.0. The van der Waals surface area contributed by atoms with Crippen molar-refractivity contribution in [3.63, 3.8) is 0 Å². The zero-order valence-corrected chi connectivity index (χ0v) is 18.6. The third kappa shape index (κ3) is 6.71. The van der Waals surface area contributed by atoms with Gasteiger partial charge in [-0.15, -0.1) is 0 Å². The largest absolute Gasteiger partial charge is 0.493 e. The Morgan fingerprint density at radius 1 is 1.16 bits per heavy atom. The number of oxazole rings is 1. The summed E-state index contributed by atoms with van der Waals surface area (Å²) in [7, 11) is 0. The lowest BCUT2D eigenvalue weighted by Crippen LogP contribution is -1.98. The predicted molar refractivity (Wildman–Crippen MR) is 121 cm³/mol. The van der Waals surface area contributed by atoms with Crippen LogP contribution in [0.4, 0.5) is 0 Å². The Balaban J connectivity index is 0.000000401. The first-order valence-corrected chi connectivity index (χ1v) is 10.9. The maximum Gasteiger partial charge on any atom is 0.302 e. The van der Waals surface area contributed by atoms with Crippen molar-refractivity contribution < 1.29 is 18.7 Å². The van der Waals surface area contributed by atoms with Crippen LogP contribution in [0.5, 0.6) is 0 Å². The van der Waals surface area contributed by atoms with Gasteiger partial charge in [-0.05, 0) is 69.4 Å². The van der Waals surface area contributed by atoms with E-state index >= 15 is 0 Å². The van der Waals surface area contributed by atoms with E-state index < -0.39 is 0 Å². The van der Waals surface area contributed by atoms with Gasteiger partial charge in [0.1, 0.15) is 11.5 Å². The van der Waals surface area contributed by atoms with Crippen LogP contribution in [0.3, 0.4) is 0 Å². The minimum atomic E-state index is -0.211. The second-order valence-corrected chi connectivity index (χ2v) is 7.54. The molecular formula is C26H31NO4. The molecule has 0 N–H and O–H groups in total. The number of benzene rings is 1. The van der Waals surface area contributed by atoms with Gasteiger partial charge in [-0.25, -0.2) is 4.98 Å². The number of aromatic nitrogens is 1. The number of rotatable bonds is 6. The number of aryl methyl sites for hydroxylation is 1. The number of esters is 1. The lowest BCUT2D eigenvalue weighted by atomic mass is 10.1. The van der Waals surface area contributed by atoms with Crippen molar-refractivity contribution in [1.29, 1.82) is 0 Å². The van der Waals surface area contributed by atoms with Gasteiger partial charge in [0, 0.05) is 18.9 Å². The molecule has 1 aromatic carbocycles. The SMILES string of the molecule is CCOC(C)=O.Cc1nc(-c2ccccc2)oc1CCOC1=CCC2=C(C=C1)CCC2. The molecule has 1 aromatic heterocycles. The zero-order chi connectivity index (χ0) is 22.1. The molecule has 0 spiro atoms. The summed E-state index contributed by atoms with van der Waals surface area (Å²) in [5.41, 5.74) is 5.03. The molecule has 0 amide bonds. The van der Waals surface area contributed by atoms with E-state index in [1.165, 1.54) is 31.8 Å². The number of hydrogen-bond donors (Lipinski definition) is 0. The van der Waals surface area contributed by atoms with E-state index in [1.807, 2.05) is 37.3 Å². The maximum atomic E-state index is 9.82. The molecule has 2 aliphatic carbocycles. The molecule has 2 aromatic rings. The second kappa shape index (κ2) is 11.3. The lowest BCUT2D eigenvalue weighted by molar-refractivity contribution is -0.140. The number of nitrogens with zero attached hydrogens (tertiary/aromatic N) is 1. The molecule has 2 aliphatic rings. The molecule has 0 bridgehead atoms. The van der Waals surface area contributed by atoms with Gasteiger partial charge in [0.05, 0.1) is 18.9 Å². The summed E-state index contributed by atoms with van der Waals surface area (Å²) >= 11 is 0. The minimum Gasteiger partial charge on any atom is -0.493 e. The van der Waals surface area contributed by atoms with Crippen molar-refractivity contribution in [2.24, 2.45) is 0 Å². The van der Waals surface area contributed by atoms with Crippen molar-refractivity contribution in [1.82, 2.24) is 4.98 Å². The third-order valence-corrected chi connectivity index (χ3v) is 5.24. The average Bonchev–Trinajstić information content (AvgIpc) is 3.32. The van der Waals surface area contributed by atoms with E-state index in [-0.39, 0.29) is 5.97 Å². The Morgan fingerprint density at radius 2 is 1.97 bits per heavy atom. The third-order valence-electron chi connectivity index (χ3n) is 5.24. The van der Waals surface area contributed by atoms with Gasteiger partial charge in [-0.2, -0.15) is 0 Å². The summed E-state index contributed by atoms with van der Waals surface area (Å²) in [6.07, 6.45) is 12.0. The molecule has 31 heavy (non-hydrogen) atoms. The van der Waals surface area contributed by atoms with Gasteiger partial charge in [0.2, 0.25) is 5.89 Å². The normalized spacial score (nSPS) is 14.9. The Morgan fingerprint density at radius 3 is 2.68 bits per heavy atom. The van der Waals surface area contributed by atoms with Gasteiger partial charge in [0.15, 0.2) is 0 Å². The first kappa shape index (κ1) is 22.6. The second-order valence-electron chi connectivity index (χ2n) is 7.54. The highest BCUT2D eigenvalue weighted by Crippen LogP contribution is 2.32. The van der Waals surface area contributed by atoms with Crippen molar-refractivity contribution in [2.75, 3.05) is 13.2 Å². The lowest BCUT2D eigenvalue weighted by Gasteiger charge is -2.06. The number of ether oxygens (including phenoxy) is 2. The molecule has 0 fully saturated rings. The van der Waals surface area contributed by atoms with Crippen LogP contribution >= 0.6 is 0 Å². The van der Waals surface area contributed by atoms with Crippen molar-refractivity contribution in [3.8, 4) is 11.5 Å². The molecule has 0 radical (unpaired) electrons. The summed E-state index contributed by atoms with van der Waals surface area (Å²) in [4.78, 5) is 14.4. The molecule has 4 rings (SSSR count). The molecule has 1 heterocycles. The average molecular weight is 422 g/mol. The van der Waals surface area contributed by atoms with Crippen molar-refractivity contribution in [2.45, 2.75) is 52.9 Å². The molecule has 5 heteroatoms. The van der Waals surface area contributed by atoms with Crippen LogP contribution < -0.4 is 0 Å². The van der Waals surface area contributed by atoms with Crippen LogP contribution in [0, 0.1) is 6.92 Å².